The minimum Gasteiger partial charge on any atom is -0.369 e. The molecule has 0 heterocycles. The van der Waals surface area contributed by atoms with Gasteiger partial charge < -0.3 is 10.6 Å². The zero-order valence-electron chi connectivity index (χ0n) is 10.9. The van der Waals surface area contributed by atoms with Crippen LogP contribution in [0.15, 0.2) is 16.6 Å². The zero-order chi connectivity index (χ0) is 14.0. The highest BCUT2D eigenvalue weighted by molar-refractivity contribution is 9.10. The van der Waals surface area contributed by atoms with Crippen molar-refractivity contribution < 1.29 is 4.39 Å². The second-order valence-corrected chi connectivity index (χ2v) is 5.77. The fourth-order valence-corrected chi connectivity index (χ4v) is 3.30. The first-order valence-corrected chi connectivity index (χ1v) is 7.20. The number of halogens is 2. The SMILES string of the molecule is CN(c1ccc(C#N)c(Br)c1F)C1CCCC1CN. The molecule has 5 heteroatoms. The van der Waals surface area contributed by atoms with Crippen molar-refractivity contribution in [3.05, 3.63) is 28.0 Å². The van der Waals surface area contributed by atoms with Crippen molar-refractivity contribution in [3.63, 3.8) is 0 Å². The molecule has 1 aliphatic rings. The Balaban J connectivity index is 2.32. The fourth-order valence-electron chi connectivity index (χ4n) is 2.88. The Morgan fingerprint density at radius 3 is 2.89 bits per heavy atom. The van der Waals surface area contributed by atoms with E-state index < -0.39 is 0 Å². The molecule has 19 heavy (non-hydrogen) atoms. The summed E-state index contributed by atoms with van der Waals surface area (Å²) in [5, 5.41) is 8.89. The summed E-state index contributed by atoms with van der Waals surface area (Å²) in [7, 11) is 1.90. The Morgan fingerprint density at radius 1 is 1.53 bits per heavy atom. The quantitative estimate of drug-likeness (QED) is 0.929. The number of nitriles is 1. The molecule has 1 aliphatic carbocycles. The molecule has 0 radical (unpaired) electrons. The lowest BCUT2D eigenvalue weighted by Crippen LogP contribution is -2.38. The fraction of sp³-hybridized carbons (Fsp3) is 0.500. The van der Waals surface area contributed by atoms with Crippen molar-refractivity contribution in [3.8, 4) is 6.07 Å². The second kappa shape index (κ2) is 5.89. The van der Waals surface area contributed by atoms with Gasteiger partial charge in [0, 0.05) is 13.1 Å². The molecule has 2 rings (SSSR count). The molecule has 0 bridgehead atoms. The predicted molar refractivity (Wildman–Crippen MR) is 77.4 cm³/mol. The number of anilines is 1. The van der Waals surface area contributed by atoms with Crippen molar-refractivity contribution in [2.24, 2.45) is 11.7 Å². The van der Waals surface area contributed by atoms with Crippen LogP contribution < -0.4 is 10.6 Å². The van der Waals surface area contributed by atoms with E-state index in [0.29, 0.717) is 23.7 Å². The van der Waals surface area contributed by atoms with E-state index in [9.17, 15) is 4.39 Å². The van der Waals surface area contributed by atoms with Gasteiger partial charge in [-0.2, -0.15) is 5.26 Å². The molecule has 1 aromatic rings. The third kappa shape index (κ3) is 2.60. The van der Waals surface area contributed by atoms with Crippen LogP contribution in [0.25, 0.3) is 0 Å². The number of hydrogen-bond donors (Lipinski definition) is 1. The van der Waals surface area contributed by atoms with E-state index in [1.807, 2.05) is 18.0 Å². The van der Waals surface area contributed by atoms with Gasteiger partial charge in [0.25, 0.3) is 0 Å². The van der Waals surface area contributed by atoms with E-state index in [1.165, 1.54) is 0 Å². The predicted octanol–water partition coefficient (Wildman–Crippen LogP) is 3.02. The Bertz CT molecular complexity index is 512. The third-order valence-electron chi connectivity index (χ3n) is 3.98. The summed E-state index contributed by atoms with van der Waals surface area (Å²) in [4.78, 5) is 1.96. The summed E-state index contributed by atoms with van der Waals surface area (Å²) >= 11 is 3.15. The second-order valence-electron chi connectivity index (χ2n) is 4.98. The Morgan fingerprint density at radius 2 is 2.26 bits per heavy atom. The van der Waals surface area contributed by atoms with Crippen molar-refractivity contribution in [2.75, 3.05) is 18.5 Å². The maximum Gasteiger partial charge on any atom is 0.161 e. The van der Waals surface area contributed by atoms with Gasteiger partial charge in [0.15, 0.2) is 5.82 Å². The van der Waals surface area contributed by atoms with Crippen molar-refractivity contribution in [1.82, 2.24) is 0 Å². The summed E-state index contributed by atoms with van der Waals surface area (Å²) in [5.74, 6) is 0.0445. The van der Waals surface area contributed by atoms with E-state index in [0.717, 1.165) is 19.3 Å². The number of benzene rings is 1. The average Bonchev–Trinajstić information content (AvgIpc) is 2.89. The van der Waals surface area contributed by atoms with Gasteiger partial charge in [0.05, 0.1) is 15.7 Å². The van der Waals surface area contributed by atoms with Crippen LogP contribution >= 0.6 is 15.9 Å². The standard InChI is InChI=1S/C14H17BrFN3/c1-19(11-4-2-3-9(11)7-17)12-6-5-10(8-18)13(15)14(12)16/h5-6,9,11H,2-4,7,17H2,1H3. The smallest absolute Gasteiger partial charge is 0.161 e. The number of rotatable bonds is 3. The lowest BCUT2D eigenvalue weighted by atomic mass is 10.0. The van der Waals surface area contributed by atoms with E-state index in [-0.39, 0.29) is 16.3 Å². The molecule has 102 valence electrons. The topological polar surface area (TPSA) is 53.0 Å². The first-order valence-electron chi connectivity index (χ1n) is 6.41. The molecule has 2 unspecified atom stereocenters. The highest BCUT2D eigenvalue weighted by atomic mass is 79.9. The van der Waals surface area contributed by atoms with Crippen LogP contribution in [0.1, 0.15) is 24.8 Å². The first kappa shape index (κ1) is 14.3. The molecule has 0 saturated heterocycles. The van der Waals surface area contributed by atoms with Crippen LogP contribution in [-0.4, -0.2) is 19.6 Å². The third-order valence-corrected chi connectivity index (χ3v) is 4.76. The van der Waals surface area contributed by atoms with Gasteiger partial charge in [-0.05, 0) is 53.4 Å². The molecular formula is C14H17BrFN3. The normalized spacial score (nSPS) is 22.3. The van der Waals surface area contributed by atoms with Crippen LogP contribution in [0.2, 0.25) is 0 Å². The molecule has 0 aliphatic heterocycles. The summed E-state index contributed by atoms with van der Waals surface area (Å²) in [6, 6.07) is 5.56. The first-order chi connectivity index (χ1) is 9.10. The highest BCUT2D eigenvalue weighted by Gasteiger charge is 2.31. The lowest BCUT2D eigenvalue weighted by Gasteiger charge is -2.31. The molecule has 2 N–H and O–H groups in total. The Kier molecular flexibility index (Phi) is 4.43. The molecule has 1 saturated carbocycles. The van der Waals surface area contributed by atoms with Crippen molar-refractivity contribution >= 4 is 21.6 Å². The largest absolute Gasteiger partial charge is 0.369 e. The summed E-state index contributed by atoms with van der Waals surface area (Å²) < 4.78 is 14.6. The molecular weight excluding hydrogens is 309 g/mol. The molecule has 1 fully saturated rings. The van der Waals surface area contributed by atoms with Crippen molar-refractivity contribution in [1.29, 1.82) is 5.26 Å². The molecule has 1 aromatic carbocycles. The van der Waals surface area contributed by atoms with Crippen LogP contribution in [0, 0.1) is 23.1 Å². The van der Waals surface area contributed by atoms with E-state index in [4.69, 9.17) is 11.0 Å². The number of nitrogens with zero attached hydrogens (tertiary/aromatic N) is 2. The Labute approximate surface area is 121 Å². The number of hydrogen-bond acceptors (Lipinski definition) is 3. The summed E-state index contributed by atoms with van der Waals surface area (Å²) in [5.41, 5.74) is 6.62. The van der Waals surface area contributed by atoms with Crippen LogP contribution in [0.5, 0.6) is 0 Å². The molecule has 0 aromatic heterocycles. The molecule has 0 spiro atoms. The average molecular weight is 326 g/mol. The van der Waals surface area contributed by atoms with Gasteiger partial charge in [0.1, 0.15) is 6.07 Å². The van der Waals surface area contributed by atoms with Gasteiger partial charge in [-0.3, -0.25) is 0 Å². The lowest BCUT2D eigenvalue weighted by molar-refractivity contribution is 0.468. The summed E-state index contributed by atoms with van der Waals surface area (Å²) in [6.07, 6.45) is 3.27. The van der Waals surface area contributed by atoms with Gasteiger partial charge in [-0.15, -0.1) is 0 Å². The minimum atomic E-state index is -0.371. The molecule has 3 nitrogen and oxygen atoms in total. The highest BCUT2D eigenvalue weighted by Crippen LogP contribution is 2.35. The van der Waals surface area contributed by atoms with E-state index in [1.54, 1.807) is 12.1 Å². The van der Waals surface area contributed by atoms with Crippen molar-refractivity contribution in [2.45, 2.75) is 25.3 Å². The maximum absolute atomic E-state index is 14.3. The molecule has 0 amide bonds. The monoisotopic (exact) mass is 325 g/mol. The molecule has 2 atom stereocenters. The minimum absolute atomic E-state index is 0.238. The van der Waals surface area contributed by atoms with E-state index in [2.05, 4.69) is 15.9 Å². The maximum atomic E-state index is 14.3. The van der Waals surface area contributed by atoms with Crippen LogP contribution in [0.4, 0.5) is 10.1 Å². The number of nitrogens with two attached hydrogens (primary N) is 1. The van der Waals surface area contributed by atoms with Gasteiger partial charge in [0.2, 0.25) is 0 Å². The van der Waals surface area contributed by atoms with Crippen LogP contribution in [-0.2, 0) is 0 Å². The van der Waals surface area contributed by atoms with Gasteiger partial charge in [-0.1, -0.05) is 6.42 Å². The summed E-state index contributed by atoms with van der Waals surface area (Å²) in [6.45, 7) is 0.633. The van der Waals surface area contributed by atoms with Gasteiger partial charge >= 0.3 is 0 Å². The van der Waals surface area contributed by atoms with E-state index >= 15 is 0 Å². The Hall–Kier alpha value is -1.12. The van der Waals surface area contributed by atoms with Gasteiger partial charge in [-0.25, -0.2) is 4.39 Å². The zero-order valence-corrected chi connectivity index (χ0v) is 12.5. The van der Waals surface area contributed by atoms with Crippen LogP contribution in [0.3, 0.4) is 0 Å².